The first-order valence-electron chi connectivity index (χ1n) is 11.6. The van der Waals surface area contributed by atoms with Crippen LogP contribution in [0.1, 0.15) is 13.8 Å². The maximum absolute atomic E-state index is 14.4. The summed E-state index contributed by atoms with van der Waals surface area (Å²) in [5.74, 6) is -1.74. The molecule has 1 aliphatic rings. The molecule has 9 nitrogen and oxygen atoms in total. The fraction of sp³-hybridized carbons (Fsp3) is 0.320. The number of carbonyl (C=O) groups is 1. The first-order chi connectivity index (χ1) is 17.5. The summed E-state index contributed by atoms with van der Waals surface area (Å²) in [7, 11) is -3.97. The molecule has 1 heterocycles. The second-order valence-electron chi connectivity index (χ2n) is 8.77. The number of thioether (sulfide) groups is 1. The van der Waals surface area contributed by atoms with Crippen LogP contribution < -0.4 is 14.4 Å². The topological polar surface area (TPSA) is 119 Å². The molecule has 1 saturated heterocycles. The van der Waals surface area contributed by atoms with Gasteiger partial charge >= 0.3 is 16.2 Å². The van der Waals surface area contributed by atoms with E-state index < -0.39 is 22.0 Å². The van der Waals surface area contributed by atoms with E-state index in [0.29, 0.717) is 29.5 Å². The van der Waals surface area contributed by atoms with Crippen LogP contribution in [0.15, 0.2) is 53.4 Å². The molecule has 0 aliphatic carbocycles. The summed E-state index contributed by atoms with van der Waals surface area (Å²) in [4.78, 5) is 13.2. The number of carboxylic acid groups (broad SMARTS) is 1. The van der Waals surface area contributed by atoms with Gasteiger partial charge in [0.1, 0.15) is 5.75 Å². The lowest BCUT2D eigenvalue weighted by Gasteiger charge is -2.35. The van der Waals surface area contributed by atoms with Crippen molar-refractivity contribution in [2.75, 3.05) is 41.6 Å². The lowest BCUT2D eigenvalue weighted by Crippen LogP contribution is -2.50. The van der Waals surface area contributed by atoms with Crippen LogP contribution in [0, 0.1) is 5.82 Å². The molecular formula is C25H28FN3O6S2. The number of nitrogens with one attached hydrogen (secondary N) is 1. The smallest absolute Gasteiger partial charge is 0.313 e. The normalized spacial score (nSPS) is 14.8. The van der Waals surface area contributed by atoms with Gasteiger partial charge in [-0.2, -0.15) is 12.7 Å². The van der Waals surface area contributed by atoms with Crippen molar-refractivity contribution in [2.45, 2.75) is 24.8 Å². The minimum atomic E-state index is -3.97. The highest BCUT2D eigenvalue weighted by atomic mass is 32.2. The summed E-state index contributed by atoms with van der Waals surface area (Å²) >= 11 is 0.905. The third-order valence-corrected chi connectivity index (χ3v) is 8.33. The van der Waals surface area contributed by atoms with Crippen LogP contribution in [-0.2, 0) is 15.0 Å². The maximum atomic E-state index is 14.4. The number of aliphatic carboxylic acids is 1. The Bertz CT molecular complexity index is 1410. The number of nitrogens with zero attached hydrogens (tertiary/aromatic N) is 2. The Kier molecular flexibility index (Phi) is 8.00. The van der Waals surface area contributed by atoms with Crippen LogP contribution in [0.5, 0.6) is 11.5 Å². The Morgan fingerprint density at radius 1 is 1.11 bits per heavy atom. The summed E-state index contributed by atoms with van der Waals surface area (Å²) in [5.41, 5.74) is 0.884. The molecule has 0 spiro atoms. The number of anilines is 2. The first-order valence-corrected chi connectivity index (χ1v) is 14.1. The van der Waals surface area contributed by atoms with Crippen molar-refractivity contribution >= 4 is 50.1 Å². The van der Waals surface area contributed by atoms with Crippen molar-refractivity contribution in [3.8, 4) is 11.5 Å². The number of hydrogen-bond donors (Lipinski definition) is 3. The van der Waals surface area contributed by atoms with E-state index in [4.69, 9.17) is 9.84 Å². The highest BCUT2D eigenvalue weighted by Gasteiger charge is 2.28. The highest BCUT2D eigenvalue weighted by molar-refractivity contribution is 8.00. The minimum absolute atomic E-state index is 0.101. The van der Waals surface area contributed by atoms with Gasteiger partial charge in [-0.3, -0.25) is 9.52 Å². The van der Waals surface area contributed by atoms with E-state index in [1.165, 1.54) is 16.4 Å². The zero-order chi connectivity index (χ0) is 26.7. The van der Waals surface area contributed by atoms with Gasteiger partial charge in [0.05, 0.1) is 22.4 Å². The molecule has 198 valence electrons. The molecule has 1 fully saturated rings. The van der Waals surface area contributed by atoms with Gasteiger partial charge in [0.15, 0.2) is 11.6 Å². The molecule has 0 amide bonds. The van der Waals surface area contributed by atoms with Crippen molar-refractivity contribution in [1.82, 2.24) is 4.31 Å². The summed E-state index contributed by atoms with van der Waals surface area (Å²) in [5, 5.41) is 20.5. The molecule has 0 atom stereocenters. The molecule has 37 heavy (non-hydrogen) atoms. The van der Waals surface area contributed by atoms with Crippen LogP contribution in [0.4, 0.5) is 15.8 Å². The second-order valence-corrected chi connectivity index (χ2v) is 11.5. The summed E-state index contributed by atoms with van der Waals surface area (Å²) in [6, 6.07) is 12.9. The van der Waals surface area contributed by atoms with Crippen molar-refractivity contribution in [2.24, 2.45) is 0 Å². The van der Waals surface area contributed by atoms with Crippen molar-refractivity contribution in [3.63, 3.8) is 0 Å². The average Bonchev–Trinajstić information content (AvgIpc) is 2.86. The molecule has 0 saturated carbocycles. The predicted octanol–water partition coefficient (Wildman–Crippen LogP) is 4.13. The number of phenols is 1. The fourth-order valence-corrected chi connectivity index (χ4v) is 6.04. The van der Waals surface area contributed by atoms with Crippen LogP contribution in [0.2, 0.25) is 0 Å². The zero-order valence-corrected chi connectivity index (χ0v) is 22.0. The number of piperazine rings is 1. The van der Waals surface area contributed by atoms with Crippen molar-refractivity contribution in [3.05, 3.63) is 54.3 Å². The summed E-state index contributed by atoms with van der Waals surface area (Å²) in [6.45, 7) is 4.71. The largest absolute Gasteiger partial charge is 0.506 e. The van der Waals surface area contributed by atoms with Gasteiger partial charge in [-0.05, 0) is 32.0 Å². The van der Waals surface area contributed by atoms with Crippen LogP contribution >= 0.6 is 11.8 Å². The van der Waals surface area contributed by atoms with Gasteiger partial charge in [-0.25, -0.2) is 4.39 Å². The first kappa shape index (κ1) is 26.8. The van der Waals surface area contributed by atoms with E-state index in [-0.39, 0.29) is 47.0 Å². The summed E-state index contributed by atoms with van der Waals surface area (Å²) in [6.07, 6.45) is -0.154. The predicted molar refractivity (Wildman–Crippen MR) is 142 cm³/mol. The van der Waals surface area contributed by atoms with Crippen LogP contribution in [0.3, 0.4) is 0 Å². The van der Waals surface area contributed by atoms with Gasteiger partial charge in [0, 0.05) is 48.7 Å². The van der Waals surface area contributed by atoms with E-state index >= 15 is 0 Å². The number of phenolic OH excluding ortho intramolecular Hbond substituents is 1. The SMILES string of the molecule is CC(C)Oc1ccc(N2CCN(S(=O)(=O)Nc3cc(SCC(=O)O)c(O)c4ccccc34)CC2)cc1F. The molecule has 3 aromatic rings. The van der Waals surface area contributed by atoms with Crippen molar-refractivity contribution in [1.29, 1.82) is 0 Å². The van der Waals surface area contributed by atoms with Gasteiger partial charge in [-0.15, -0.1) is 11.8 Å². The molecule has 0 unspecified atom stereocenters. The average molecular weight is 550 g/mol. The third-order valence-electron chi connectivity index (χ3n) is 5.79. The highest BCUT2D eigenvalue weighted by Crippen LogP contribution is 2.40. The Morgan fingerprint density at radius 2 is 1.78 bits per heavy atom. The Hall–Kier alpha value is -3.22. The second kappa shape index (κ2) is 11.0. The molecular weight excluding hydrogens is 521 g/mol. The molecule has 4 rings (SSSR count). The van der Waals surface area contributed by atoms with E-state index in [1.807, 2.05) is 18.7 Å². The van der Waals surface area contributed by atoms with Crippen molar-refractivity contribution < 1.29 is 32.6 Å². The van der Waals surface area contributed by atoms with E-state index in [1.54, 1.807) is 36.4 Å². The number of hydrogen-bond acceptors (Lipinski definition) is 7. The number of benzene rings is 3. The van der Waals surface area contributed by atoms with E-state index in [0.717, 1.165) is 11.8 Å². The van der Waals surface area contributed by atoms with Gasteiger partial charge in [-0.1, -0.05) is 24.3 Å². The summed E-state index contributed by atoms with van der Waals surface area (Å²) < 4.78 is 50.3. The lowest BCUT2D eigenvalue weighted by atomic mass is 10.1. The standard InChI is InChI=1S/C25H28FN3O6S2/c1-16(2)35-22-8-7-17(13-20(22)26)28-9-11-29(12-10-28)37(33,34)27-21-14-23(36-15-24(30)31)25(32)19-6-4-3-5-18(19)21/h3-8,13-14,16,27,32H,9-12,15H2,1-2H3,(H,30,31). The van der Waals surface area contributed by atoms with Gasteiger partial charge in [0.2, 0.25) is 0 Å². The number of rotatable bonds is 9. The number of carboxylic acids is 1. The molecule has 1 aliphatic heterocycles. The molecule has 3 aromatic carbocycles. The molecule has 12 heteroatoms. The quantitative estimate of drug-likeness (QED) is 0.269. The van der Waals surface area contributed by atoms with Gasteiger partial charge < -0.3 is 19.8 Å². The van der Waals surface area contributed by atoms with Crippen LogP contribution in [0.25, 0.3) is 10.8 Å². The third kappa shape index (κ3) is 6.20. The Balaban J connectivity index is 1.50. The number of halogens is 1. The molecule has 0 radical (unpaired) electrons. The molecule has 0 bridgehead atoms. The number of fused-ring (bicyclic) bond motifs is 1. The fourth-order valence-electron chi connectivity index (χ4n) is 4.09. The zero-order valence-electron chi connectivity index (χ0n) is 20.3. The molecule has 0 aromatic heterocycles. The van der Waals surface area contributed by atoms with E-state index in [9.17, 15) is 22.7 Å². The lowest BCUT2D eigenvalue weighted by molar-refractivity contribution is -0.133. The Morgan fingerprint density at radius 3 is 2.41 bits per heavy atom. The molecule has 3 N–H and O–H groups in total. The minimum Gasteiger partial charge on any atom is -0.506 e. The maximum Gasteiger partial charge on any atom is 0.313 e. The monoisotopic (exact) mass is 549 g/mol. The van der Waals surface area contributed by atoms with E-state index in [2.05, 4.69) is 4.72 Å². The van der Waals surface area contributed by atoms with Crippen LogP contribution in [-0.4, -0.2) is 66.9 Å². The van der Waals surface area contributed by atoms with Gasteiger partial charge in [0.25, 0.3) is 0 Å². The number of ether oxygens (including phenoxy) is 1. The number of aromatic hydroxyl groups is 1. The Labute approximate surface area is 219 Å².